The van der Waals surface area contributed by atoms with Crippen LogP contribution in [0.25, 0.3) is 28.0 Å². The number of hydrogen-bond acceptors (Lipinski definition) is 3. The van der Waals surface area contributed by atoms with Crippen molar-refractivity contribution in [1.29, 1.82) is 0 Å². The Hall–Kier alpha value is -2.14. The van der Waals surface area contributed by atoms with Crippen molar-refractivity contribution in [3.63, 3.8) is 0 Å². The number of aromatic nitrogens is 3. The summed E-state index contributed by atoms with van der Waals surface area (Å²) in [6, 6.07) is 12.0. The van der Waals surface area contributed by atoms with Gasteiger partial charge < -0.3 is 4.42 Å². The third kappa shape index (κ3) is 1.67. The van der Waals surface area contributed by atoms with Crippen LogP contribution in [0.3, 0.4) is 0 Å². The maximum absolute atomic E-state index is 5.59. The number of aryl methyl sites for hydroxylation is 1. The average Bonchev–Trinajstić information content (AvgIpc) is 2.98. The second-order valence-corrected chi connectivity index (χ2v) is 5.35. The van der Waals surface area contributed by atoms with Gasteiger partial charge in [0.05, 0.1) is 5.52 Å². The minimum atomic E-state index is 0.673. The third-order valence-electron chi connectivity index (χ3n) is 3.26. The molecule has 4 nitrogen and oxygen atoms in total. The Balaban J connectivity index is 2.00. The van der Waals surface area contributed by atoms with E-state index in [0.29, 0.717) is 5.89 Å². The number of imidazole rings is 1. The van der Waals surface area contributed by atoms with Crippen molar-refractivity contribution in [2.45, 2.75) is 6.92 Å². The molecule has 0 fully saturated rings. The largest absolute Gasteiger partial charge is 0.441 e. The Kier molecular flexibility index (Phi) is 2.44. The first-order chi connectivity index (χ1) is 9.72. The number of benzene rings is 1. The molecule has 98 valence electrons. The number of halogens is 1. The number of fused-ring (bicyclic) bond motifs is 2. The molecule has 5 heteroatoms. The van der Waals surface area contributed by atoms with Crippen molar-refractivity contribution in [1.82, 2.24) is 14.4 Å². The van der Waals surface area contributed by atoms with Gasteiger partial charge in [0.2, 0.25) is 0 Å². The van der Waals surface area contributed by atoms with Crippen molar-refractivity contribution < 1.29 is 4.42 Å². The zero-order valence-corrected chi connectivity index (χ0v) is 12.3. The summed E-state index contributed by atoms with van der Waals surface area (Å²) in [5, 5.41) is 0. The highest BCUT2D eigenvalue weighted by molar-refractivity contribution is 9.10. The molecule has 1 aromatic carbocycles. The summed E-state index contributed by atoms with van der Waals surface area (Å²) in [5.41, 5.74) is 3.69. The van der Waals surface area contributed by atoms with E-state index in [4.69, 9.17) is 4.42 Å². The summed E-state index contributed by atoms with van der Waals surface area (Å²) in [5.74, 6) is 1.55. The van der Waals surface area contributed by atoms with Gasteiger partial charge in [0.1, 0.15) is 15.9 Å². The van der Waals surface area contributed by atoms with E-state index < -0.39 is 0 Å². The van der Waals surface area contributed by atoms with Gasteiger partial charge in [0.25, 0.3) is 0 Å². The van der Waals surface area contributed by atoms with Crippen LogP contribution in [-0.4, -0.2) is 14.4 Å². The first-order valence-electron chi connectivity index (χ1n) is 6.22. The molecule has 0 aliphatic heterocycles. The Bertz CT molecular complexity index is 939. The Labute approximate surface area is 123 Å². The zero-order valence-electron chi connectivity index (χ0n) is 10.7. The predicted octanol–water partition coefficient (Wildman–Crippen LogP) is 4.21. The van der Waals surface area contributed by atoms with Gasteiger partial charge in [-0.2, -0.15) is 0 Å². The molecule has 0 unspecified atom stereocenters. The summed E-state index contributed by atoms with van der Waals surface area (Å²) in [6.07, 6.45) is 2.00. The van der Waals surface area contributed by atoms with Gasteiger partial charge in [-0.1, -0.05) is 6.07 Å². The molecular weight excluding hydrogens is 318 g/mol. The molecular formula is C15H10BrN3O. The van der Waals surface area contributed by atoms with E-state index in [0.717, 1.165) is 32.6 Å². The van der Waals surface area contributed by atoms with E-state index in [1.165, 1.54) is 0 Å². The van der Waals surface area contributed by atoms with Crippen LogP contribution in [0.4, 0.5) is 0 Å². The van der Waals surface area contributed by atoms with E-state index in [1.807, 2.05) is 49.5 Å². The highest BCUT2D eigenvalue weighted by Crippen LogP contribution is 2.28. The lowest BCUT2D eigenvalue weighted by Crippen LogP contribution is -1.88. The number of nitrogens with zero attached hydrogens (tertiary/aromatic N) is 3. The summed E-state index contributed by atoms with van der Waals surface area (Å²) in [7, 11) is 0. The van der Waals surface area contributed by atoms with Crippen LogP contribution in [0.5, 0.6) is 0 Å². The van der Waals surface area contributed by atoms with Crippen molar-refractivity contribution in [3.8, 4) is 11.4 Å². The molecule has 20 heavy (non-hydrogen) atoms. The second-order valence-electron chi connectivity index (χ2n) is 4.60. The zero-order chi connectivity index (χ0) is 13.7. The van der Waals surface area contributed by atoms with E-state index in [1.54, 1.807) is 0 Å². The van der Waals surface area contributed by atoms with E-state index in [-0.39, 0.29) is 0 Å². The van der Waals surface area contributed by atoms with Crippen LogP contribution >= 0.6 is 15.9 Å². The highest BCUT2D eigenvalue weighted by atomic mass is 79.9. The molecule has 0 radical (unpaired) electrons. The molecule has 0 atom stereocenters. The molecule has 0 saturated heterocycles. The first kappa shape index (κ1) is 11.7. The summed E-state index contributed by atoms with van der Waals surface area (Å²) < 4.78 is 8.47. The van der Waals surface area contributed by atoms with Crippen LogP contribution in [0.2, 0.25) is 0 Å². The lowest BCUT2D eigenvalue weighted by molar-refractivity contribution is 0.561. The molecule has 3 heterocycles. The topological polar surface area (TPSA) is 43.3 Å². The van der Waals surface area contributed by atoms with Crippen LogP contribution in [-0.2, 0) is 0 Å². The number of hydrogen-bond donors (Lipinski definition) is 0. The fourth-order valence-electron chi connectivity index (χ4n) is 2.38. The van der Waals surface area contributed by atoms with E-state index in [2.05, 4.69) is 30.3 Å². The maximum atomic E-state index is 5.59. The molecule has 0 N–H and O–H groups in total. The molecule has 4 aromatic rings. The van der Waals surface area contributed by atoms with Gasteiger partial charge in [0, 0.05) is 18.7 Å². The lowest BCUT2D eigenvalue weighted by atomic mass is 10.2. The van der Waals surface area contributed by atoms with Gasteiger partial charge in [-0.25, -0.2) is 9.97 Å². The molecule has 3 aromatic heterocycles. The van der Waals surface area contributed by atoms with Crippen molar-refractivity contribution in [2.24, 2.45) is 0 Å². The van der Waals surface area contributed by atoms with Crippen LogP contribution < -0.4 is 0 Å². The maximum Gasteiger partial charge on any atom is 0.192 e. The smallest absolute Gasteiger partial charge is 0.192 e. The minimum absolute atomic E-state index is 0.673. The Morgan fingerprint density at radius 3 is 2.95 bits per heavy atom. The third-order valence-corrected chi connectivity index (χ3v) is 3.84. The van der Waals surface area contributed by atoms with Gasteiger partial charge in [-0.3, -0.25) is 4.40 Å². The van der Waals surface area contributed by atoms with Crippen molar-refractivity contribution >= 4 is 32.5 Å². The second kappa shape index (κ2) is 4.18. The monoisotopic (exact) mass is 327 g/mol. The number of rotatable bonds is 1. The Morgan fingerprint density at radius 1 is 1.15 bits per heavy atom. The minimum Gasteiger partial charge on any atom is -0.441 e. The van der Waals surface area contributed by atoms with Crippen molar-refractivity contribution in [2.75, 3.05) is 0 Å². The fourth-order valence-corrected chi connectivity index (χ4v) is 2.87. The summed E-state index contributed by atoms with van der Waals surface area (Å²) >= 11 is 3.50. The molecule has 0 saturated carbocycles. The number of pyridine rings is 1. The average molecular weight is 328 g/mol. The standard InChI is InChI=1S/C15H10BrN3O/c1-9-17-11-6-5-10(8-13(11)20-9)15-18-14(16)12-4-2-3-7-19(12)15/h2-8H,1H3. The fraction of sp³-hybridized carbons (Fsp3) is 0.0667. The van der Waals surface area contributed by atoms with E-state index in [9.17, 15) is 0 Å². The molecule has 0 spiro atoms. The number of oxazole rings is 1. The first-order valence-corrected chi connectivity index (χ1v) is 7.02. The summed E-state index contributed by atoms with van der Waals surface area (Å²) in [6.45, 7) is 1.85. The molecule has 4 rings (SSSR count). The van der Waals surface area contributed by atoms with Crippen LogP contribution in [0, 0.1) is 6.92 Å². The van der Waals surface area contributed by atoms with Gasteiger partial charge in [-0.05, 0) is 46.3 Å². The summed E-state index contributed by atoms with van der Waals surface area (Å²) in [4.78, 5) is 8.90. The predicted molar refractivity (Wildman–Crippen MR) is 80.6 cm³/mol. The highest BCUT2D eigenvalue weighted by Gasteiger charge is 2.12. The molecule has 0 aliphatic rings. The SMILES string of the molecule is Cc1nc2ccc(-c3nc(Br)c4ccccn34)cc2o1. The van der Waals surface area contributed by atoms with Crippen LogP contribution in [0.1, 0.15) is 5.89 Å². The van der Waals surface area contributed by atoms with E-state index >= 15 is 0 Å². The normalized spacial score (nSPS) is 11.5. The van der Waals surface area contributed by atoms with Gasteiger partial charge in [-0.15, -0.1) is 0 Å². The lowest BCUT2D eigenvalue weighted by Gasteiger charge is -2.00. The molecule has 0 aliphatic carbocycles. The van der Waals surface area contributed by atoms with Gasteiger partial charge >= 0.3 is 0 Å². The molecule has 0 amide bonds. The molecule has 0 bridgehead atoms. The Morgan fingerprint density at radius 2 is 2.05 bits per heavy atom. The van der Waals surface area contributed by atoms with Crippen LogP contribution in [0.15, 0.2) is 51.6 Å². The quantitative estimate of drug-likeness (QED) is 0.526. The van der Waals surface area contributed by atoms with Gasteiger partial charge in [0.15, 0.2) is 11.5 Å². The van der Waals surface area contributed by atoms with Crippen molar-refractivity contribution in [3.05, 3.63) is 53.1 Å².